The number of ether oxygens (including phenoxy) is 1. The molecule has 0 fully saturated rings. The van der Waals surface area contributed by atoms with Crippen molar-refractivity contribution >= 4 is 0 Å². The van der Waals surface area contributed by atoms with Crippen LogP contribution in [-0.4, -0.2) is 0 Å². The third kappa shape index (κ3) is 2.06. The summed E-state index contributed by atoms with van der Waals surface area (Å²) in [6, 6.07) is 19.0. The number of rotatable bonds is 1. The number of aromatic nitrogens is 1. The van der Waals surface area contributed by atoms with Gasteiger partial charge in [0.15, 0.2) is 6.20 Å². The van der Waals surface area contributed by atoms with Gasteiger partial charge in [0.25, 0.3) is 0 Å². The quantitative estimate of drug-likeness (QED) is 0.581. The molecule has 0 unspecified atom stereocenters. The number of pyridine rings is 1. The van der Waals surface area contributed by atoms with Crippen LogP contribution in [0.4, 0.5) is 0 Å². The Hall–Kier alpha value is -2.61. The fourth-order valence-corrected chi connectivity index (χ4v) is 3.83. The predicted octanol–water partition coefficient (Wildman–Crippen LogP) is 4.92. The van der Waals surface area contributed by atoms with E-state index in [1.54, 1.807) is 0 Å². The summed E-state index contributed by atoms with van der Waals surface area (Å²) in [5.74, 6) is 1.92. The molecule has 2 aromatic carbocycles. The van der Waals surface area contributed by atoms with Crippen molar-refractivity contribution in [1.29, 1.82) is 0 Å². The summed E-state index contributed by atoms with van der Waals surface area (Å²) in [6.45, 7) is 6.76. The zero-order valence-electron chi connectivity index (χ0n) is 14.6. The van der Waals surface area contributed by atoms with Crippen molar-refractivity contribution in [2.45, 2.75) is 26.2 Å². The number of aryl methyl sites for hydroxylation is 2. The maximum atomic E-state index is 6.26. The number of para-hydroxylation sites is 1. The highest BCUT2D eigenvalue weighted by Crippen LogP contribution is 2.51. The van der Waals surface area contributed by atoms with Gasteiger partial charge in [-0.2, -0.15) is 0 Å². The van der Waals surface area contributed by atoms with Crippen molar-refractivity contribution in [2.24, 2.45) is 7.05 Å². The standard InChI is InChI=1S/C22H22NO/c1-15-12-13-19-21(20(15)17-10-7-8-14-23(17)4)22(2,3)16-9-5-6-11-18(16)24-19/h5-14H,1-4H3/q+1. The van der Waals surface area contributed by atoms with E-state index in [0.29, 0.717) is 0 Å². The molecule has 2 heterocycles. The highest BCUT2D eigenvalue weighted by molar-refractivity contribution is 5.74. The first-order valence-electron chi connectivity index (χ1n) is 8.36. The van der Waals surface area contributed by atoms with Gasteiger partial charge >= 0.3 is 0 Å². The van der Waals surface area contributed by atoms with E-state index in [9.17, 15) is 0 Å². The summed E-state index contributed by atoms with van der Waals surface area (Å²) in [6.07, 6.45) is 2.10. The van der Waals surface area contributed by atoms with Crippen LogP contribution in [0.25, 0.3) is 11.3 Å². The van der Waals surface area contributed by atoms with Crippen LogP contribution in [0.15, 0.2) is 60.8 Å². The van der Waals surface area contributed by atoms with Crippen molar-refractivity contribution in [3.8, 4) is 22.8 Å². The Morgan fingerprint density at radius 3 is 2.42 bits per heavy atom. The van der Waals surface area contributed by atoms with Crippen LogP contribution in [0.2, 0.25) is 0 Å². The lowest BCUT2D eigenvalue weighted by molar-refractivity contribution is -0.660. The lowest BCUT2D eigenvalue weighted by atomic mass is 9.72. The third-order valence-electron chi connectivity index (χ3n) is 5.09. The topological polar surface area (TPSA) is 13.1 Å². The molecule has 0 aliphatic carbocycles. The van der Waals surface area contributed by atoms with Gasteiger partial charge in [-0.15, -0.1) is 0 Å². The largest absolute Gasteiger partial charge is 0.457 e. The fraction of sp³-hybridized carbons (Fsp3) is 0.227. The number of hydrogen-bond donors (Lipinski definition) is 0. The van der Waals surface area contributed by atoms with Crippen molar-refractivity contribution in [3.63, 3.8) is 0 Å². The molecule has 0 N–H and O–H groups in total. The Kier molecular flexibility index (Phi) is 3.24. The van der Waals surface area contributed by atoms with Crippen LogP contribution < -0.4 is 9.30 Å². The Morgan fingerprint density at radius 2 is 1.62 bits per heavy atom. The van der Waals surface area contributed by atoms with Crippen molar-refractivity contribution in [1.82, 2.24) is 0 Å². The van der Waals surface area contributed by atoms with Crippen molar-refractivity contribution in [2.75, 3.05) is 0 Å². The van der Waals surface area contributed by atoms with Gasteiger partial charge in [0, 0.05) is 28.7 Å². The first-order chi connectivity index (χ1) is 11.5. The van der Waals surface area contributed by atoms with Gasteiger partial charge in [-0.05, 0) is 30.7 Å². The molecule has 4 rings (SSSR count). The molecular formula is C22H22NO+. The maximum absolute atomic E-state index is 6.26. The molecule has 2 nitrogen and oxygen atoms in total. The van der Waals surface area contributed by atoms with E-state index in [0.717, 1.165) is 11.5 Å². The van der Waals surface area contributed by atoms with Gasteiger partial charge in [-0.3, -0.25) is 0 Å². The molecule has 2 heteroatoms. The Bertz CT molecular complexity index is 940. The van der Waals surface area contributed by atoms with Crippen LogP contribution in [0, 0.1) is 6.92 Å². The zero-order chi connectivity index (χ0) is 16.9. The van der Waals surface area contributed by atoms with E-state index >= 15 is 0 Å². The zero-order valence-corrected chi connectivity index (χ0v) is 14.6. The first-order valence-corrected chi connectivity index (χ1v) is 8.36. The van der Waals surface area contributed by atoms with E-state index in [1.165, 1.54) is 27.9 Å². The molecule has 0 amide bonds. The van der Waals surface area contributed by atoms with Gasteiger partial charge in [-0.1, -0.05) is 38.1 Å². The molecule has 3 aromatic rings. The summed E-state index contributed by atoms with van der Waals surface area (Å²) in [5, 5.41) is 0. The van der Waals surface area contributed by atoms with Gasteiger partial charge < -0.3 is 4.74 Å². The highest BCUT2D eigenvalue weighted by atomic mass is 16.5. The molecule has 1 aromatic heterocycles. The summed E-state index contributed by atoms with van der Waals surface area (Å²) in [4.78, 5) is 0. The molecule has 120 valence electrons. The van der Waals surface area contributed by atoms with Crippen LogP contribution in [0.3, 0.4) is 0 Å². The lowest BCUT2D eigenvalue weighted by Crippen LogP contribution is -2.32. The van der Waals surface area contributed by atoms with E-state index in [1.807, 2.05) is 6.07 Å². The molecule has 0 saturated heterocycles. The minimum Gasteiger partial charge on any atom is -0.457 e. The normalized spacial score (nSPS) is 14.5. The number of benzene rings is 2. The molecule has 0 saturated carbocycles. The molecule has 1 aliphatic heterocycles. The van der Waals surface area contributed by atoms with Crippen molar-refractivity contribution in [3.05, 3.63) is 77.5 Å². The highest BCUT2D eigenvalue weighted by Gasteiger charge is 2.38. The average Bonchev–Trinajstić information content (AvgIpc) is 2.56. The molecular weight excluding hydrogens is 294 g/mol. The van der Waals surface area contributed by atoms with Gasteiger partial charge in [-0.25, -0.2) is 4.57 Å². The average molecular weight is 316 g/mol. The summed E-state index contributed by atoms with van der Waals surface area (Å²) in [7, 11) is 2.10. The molecule has 0 atom stereocenters. The number of hydrogen-bond acceptors (Lipinski definition) is 1. The third-order valence-corrected chi connectivity index (χ3v) is 5.09. The molecule has 1 aliphatic rings. The molecule has 0 spiro atoms. The Morgan fingerprint density at radius 1 is 0.875 bits per heavy atom. The van der Waals surface area contributed by atoms with Crippen LogP contribution in [-0.2, 0) is 12.5 Å². The molecule has 24 heavy (non-hydrogen) atoms. The van der Waals surface area contributed by atoms with E-state index in [-0.39, 0.29) is 5.41 Å². The minimum absolute atomic E-state index is 0.117. The second-order valence-electron chi connectivity index (χ2n) is 7.05. The van der Waals surface area contributed by atoms with Crippen LogP contribution >= 0.6 is 0 Å². The SMILES string of the molecule is Cc1ccc2c(c1-c1cccc[n+]1C)C(C)(C)c1ccccc1O2. The van der Waals surface area contributed by atoms with Gasteiger partial charge in [0.1, 0.15) is 18.5 Å². The molecule has 0 bridgehead atoms. The molecule has 0 radical (unpaired) electrons. The fourth-order valence-electron chi connectivity index (χ4n) is 3.83. The van der Waals surface area contributed by atoms with E-state index in [4.69, 9.17) is 4.74 Å². The number of fused-ring (bicyclic) bond motifs is 2. The second kappa shape index (κ2) is 5.20. The first kappa shape index (κ1) is 14.9. The monoisotopic (exact) mass is 316 g/mol. The second-order valence-corrected chi connectivity index (χ2v) is 7.05. The van der Waals surface area contributed by atoms with Crippen molar-refractivity contribution < 1.29 is 9.30 Å². The predicted molar refractivity (Wildman–Crippen MR) is 96.4 cm³/mol. The Balaban J connectivity index is 2.06. The smallest absolute Gasteiger partial charge is 0.212 e. The summed E-state index contributed by atoms with van der Waals surface area (Å²) < 4.78 is 8.44. The minimum atomic E-state index is -0.117. The number of nitrogens with zero attached hydrogens (tertiary/aromatic N) is 1. The van der Waals surface area contributed by atoms with Crippen LogP contribution in [0.5, 0.6) is 11.5 Å². The lowest BCUT2D eigenvalue weighted by Gasteiger charge is -2.36. The Labute approximate surface area is 143 Å². The van der Waals surface area contributed by atoms with Gasteiger partial charge in [0.05, 0.1) is 5.56 Å². The van der Waals surface area contributed by atoms with Crippen LogP contribution in [0.1, 0.15) is 30.5 Å². The van der Waals surface area contributed by atoms with E-state index < -0.39 is 0 Å². The summed E-state index contributed by atoms with van der Waals surface area (Å²) in [5.41, 5.74) is 6.14. The van der Waals surface area contributed by atoms with E-state index in [2.05, 4.69) is 87.1 Å². The van der Waals surface area contributed by atoms with Gasteiger partial charge in [0.2, 0.25) is 5.69 Å². The summed E-state index contributed by atoms with van der Waals surface area (Å²) >= 11 is 0. The maximum Gasteiger partial charge on any atom is 0.212 e.